The number of nitrogens with one attached hydrogen (secondary N) is 1. The number of sulfonamides is 1. The van der Waals surface area contributed by atoms with Crippen molar-refractivity contribution in [3.05, 3.63) is 46.0 Å². The van der Waals surface area contributed by atoms with Gasteiger partial charge in [0.15, 0.2) is 0 Å². The Morgan fingerprint density at radius 1 is 1.33 bits per heavy atom. The number of benzene rings is 1. The predicted octanol–water partition coefficient (Wildman–Crippen LogP) is 3.44. The topological polar surface area (TPSA) is 66.5 Å². The Balaban J connectivity index is 1.81. The van der Waals surface area contributed by atoms with E-state index in [1.54, 1.807) is 12.1 Å². The molecule has 2 heterocycles. The predicted molar refractivity (Wildman–Crippen MR) is 94.0 cm³/mol. The van der Waals surface area contributed by atoms with Crippen molar-refractivity contribution in [2.45, 2.75) is 23.1 Å². The van der Waals surface area contributed by atoms with Gasteiger partial charge in [0, 0.05) is 12.2 Å². The molecule has 1 saturated heterocycles. The maximum absolute atomic E-state index is 13.2. The molecule has 0 aliphatic carbocycles. The molecule has 128 valence electrons. The number of hydrogen-bond acceptors (Lipinski definition) is 4. The summed E-state index contributed by atoms with van der Waals surface area (Å²) in [6.07, 6.45) is 1.04. The van der Waals surface area contributed by atoms with Crippen LogP contribution in [0.15, 0.2) is 44.4 Å². The number of hydrogen-bond donors (Lipinski definition) is 1. The highest BCUT2D eigenvalue weighted by atomic mass is 79.9. The highest BCUT2D eigenvalue weighted by Crippen LogP contribution is 2.32. The number of halogens is 2. The second-order valence-corrected chi connectivity index (χ2v) is 9.91. The summed E-state index contributed by atoms with van der Waals surface area (Å²) in [6, 6.07) is 7.90. The summed E-state index contributed by atoms with van der Waals surface area (Å²) in [5, 5.41) is 2.59. The largest absolute Gasteiger partial charge is 0.325 e. The zero-order valence-corrected chi connectivity index (χ0v) is 15.6. The van der Waals surface area contributed by atoms with E-state index in [1.807, 2.05) is 0 Å². The second-order valence-electron chi connectivity index (χ2n) is 5.33. The molecule has 0 spiro atoms. The summed E-state index contributed by atoms with van der Waals surface area (Å²) in [5.74, 6) is -0.913. The average molecular weight is 433 g/mol. The minimum atomic E-state index is -3.73. The van der Waals surface area contributed by atoms with Crippen LogP contribution in [0.4, 0.5) is 10.1 Å². The minimum absolute atomic E-state index is 0.194. The van der Waals surface area contributed by atoms with Gasteiger partial charge in [0.25, 0.3) is 10.0 Å². The van der Waals surface area contributed by atoms with Crippen LogP contribution in [0.5, 0.6) is 0 Å². The Morgan fingerprint density at radius 3 is 2.79 bits per heavy atom. The highest BCUT2D eigenvalue weighted by molar-refractivity contribution is 9.11. The first-order valence-electron chi connectivity index (χ1n) is 7.21. The fourth-order valence-corrected chi connectivity index (χ4v) is 6.43. The number of anilines is 1. The quantitative estimate of drug-likeness (QED) is 0.804. The van der Waals surface area contributed by atoms with E-state index in [9.17, 15) is 17.6 Å². The number of thiophene rings is 1. The van der Waals surface area contributed by atoms with Gasteiger partial charge in [-0.25, -0.2) is 12.8 Å². The van der Waals surface area contributed by atoms with Gasteiger partial charge in [0.2, 0.25) is 5.91 Å². The molecule has 0 unspecified atom stereocenters. The van der Waals surface area contributed by atoms with Crippen molar-refractivity contribution in [3.8, 4) is 0 Å². The third-order valence-corrected chi connectivity index (χ3v) is 7.71. The molecule has 1 amide bonds. The Kier molecular flexibility index (Phi) is 5.05. The van der Waals surface area contributed by atoms with Crippen LogP contribution in [-0.2, 0) is 14.8 Å². The van der Waals surface area contributed by atoms with Crippen molar-refractivity contribution in [1.29, 1.82) is 0 Å². The van der Waals surface area contributed by atoms with Gasteiger partial charge in [-0.2, -0.15) is 4.31 Å². The first-order chi connectivity index (χ1) is 11.4. The van der Waals surface area contributed by atoms with Gasteiger partial charge in [-0.15, -0.1) is 11.3 Å². The van der Waals surface area contributed by atoms with Crippen LogP contribution in [0.25, 0.3) is 0 Å². The average Bonchev–Trinajstić information content (AvgIpc) is 3.16. The van der Waals surface area contributed by atoms with E-state index in [2.05, 4.69) is 21.2 Å². The molecule has 1 aromatic carbocycles. The summed E-state index contributed by atoms with van der Waals surface area (Å²) in [7, 11) is -3.73. The Morgan fingerprint density at radius 2 is 2.12 bits per heavy atom. The minimum Gasteiger partial charge on any atom is -0.325 e. The molecule has 1 N–H and O–H groups in total. The molecule has 9 heteroatoms. The first-order valence-corrected chi connectivity index (χ1v) is 10.3. The lowest BCUT2D eigenvalue weighted by atomic mass is 10.2. The van der Waals surface area contributed by atoms with Gasteiger partial charge in [0.05, 0.1) is 3.79 Å². The van der Waals surface area contributed by atoms with Crippen LogP contribution in [0.3, 0.4) is 0 Å². The third kappa shape index (κ3) is 3.53. The van der Waals surface area contributed by atoms with Gasteiger partial charge in [-0.3, -0.25) is 4.79 Å². The van der Waals surface area contributed by atoms with Crippen molar-refractivity contribution >= 4 is 48.9 Å². The van der Waals surface area contributed by atoms with Crippen LogP contribution in [-0.4, -0.2) is 31.2 Å². The van der Waals surface area contributed by atoms with E-state index in [0.29, 0.717) is 28.9 Å². The maximum atomic E-state index is 13.2. The van der Waals surface area contributed by atoms with Crippen molar-refractivity contribution < 1.29 is 17.6 Å². The number of carbonyl (C=O) groups is 1. The fraction of sp³-hybridized carbons (Fsp3) is 0.267. The number of rotatable bonds is 4. The second kappa shape index (κ2) is 6.91. The third-order valence-electron chi connectivity index (χ3n) is 3.71. The highest BCUT2D eigenvalue weighted by Gasteiger charge is 2.40. The van der Waals surface area contributed by atoms with Gasteiger partial charge < -0.3 is 5.32 Å². The van der Waals surface area contributed by atoms with Crippen molar-refractivity contribution in [2.75, 3.05) is 11.9 Å². The summed E-state index contributed by atoms with van der Waals surface area (Å²) < 4.78 is 40.8. The van der Waals surface area contributed by atoms with E-state index >= 15 is 0 Å². The van der Waals surface area contributed by atoms with Gasteiger partial charge in [-0.05, 0) is 59.1 Å². The van der Waals surface area contributed by atoms with Crippen molar-refractivity contribution in [1.82, 2.24) is 4.31 Å². The summed E-state index contributed by atoms with van der Waals surface area (Å²) in [5.41, 5.74) is 0.308. The van der Waals surface area contributed by atoms with Crippen molar-refractivity contribution in [2.24, 2.45) is 0 Å². The molecule has 5 nitrogen and oxygen atoms in total. The molecule has 0 radical (unpaired) electrons. The molecule has 1 aliphatic heterocycles. The molecule has 1 aromatic heterocycles. The summed E-state index contributed by atoms with van der Waals surface area (Å²) in [4.78, 5) is 12.5. The number of carbonyl (C=O) groups excluding carboxylic acids is 1. The first kappa shape index (κ1) is 17.5. The van der Waals surface area contributed by atoms with Crippen LogP contribution in [0.2, 0.25) is 0 Å². The normalized spacial score (nSPS) is 18.7. The van der Waals surface area contributed by atoms with Crippen LogP contribution in [0.1, 0.15) is 12.8 Å². The molecule has 1 atom stereocenters. The Hall–Kier alpha value is -1.29. The van der Waals surface area contributed by atoms with E-state index < -0.39 is 27.8 Å². The van der Waals surface area contributed by atoms with E-state index in [4.69, 9.17) is 0 Å². The maximum Gasteiger partial charge on any atom is 0.253 e. The van der Waals surface area contributed by atoms with Gasteiger partial charge >= 0.3 is 0 Å². The number of amides is 1. The van der Waals surface area contributed by atoms with E-state index in [1.165, 1.54) is 28.6 Å². The molecular formula is C15H14BrFN2O3S2. The molecule has 3 rings (SSSR count). The van der Waals surface area contributed by atoms with Crippen LogP contribution in [0, 0.1) is 5.82 Å². The standard InChI is InChI=1S/C15H14BrFN2O3S2/c16-13-6-7-14(23-13)24(21,22)19-8-2-5-12(19)15(20)18-11-4-1-3-10(17)9-11/h1,3-4,6-7,9,12H,2,5,8H2,(H,18,20)/t12-/m0/s1. The zero-order valence-electron chi connectivity index (χ0n) is 12.4. The SMILES string of the molecule is O=C(Nc1cccc(F)c1)[C@@H]1CCCN1S(=O)(=O)c1ccc(Br)s1. The summed E-state index contributed by atoms with van der Waals surface area (Å²) in [6.45, 7) is 0.291. The lowest BCUT2D eigenvalue weighted by Crippen LogP contribution is -2.42. The van der Waals surface area contributed by atoms with Crippen LogP contribution >= 0.6 is 27.3 Å². The number of nitrogens with zero attached hydrogens (tertiary/aromatic N) is 1. The van der Waals surface area contributed by atoms with E-state index in [0.717, 1.165) is 11.3 Å². The summed E-state index contributed by atoms with van der Waals surface area (Å²) >= 11 is 4.36. The Bertz CT molecular complexity index is 869. The van der Waals surface area contributed by atoms with E-state index in [-0.39, 0.29) is 4.21 Å². The molecule has 24 heavy (non-hydrogen) atoms. The van der Waals surface area contributed by atoms with Crippen LogP contribution < -0.4 is 5.32 Å². The zero-order chi connectivity index (χ0) is 17.3. The molecule has 0 saturated carbocycles. The molecule has 0 bridgehead atoms. The fourth-order valence-electron chi connectivity index (χ4n) is 2.63. The molecule has 2 aromatic rings. The molecule has 1 aliphatic rings. The molecular weight excluding hydrogens is 419 g/mol. The lowest BCUT2D eigenvalue weighted by molar-refractivity contribution is -0.119. The molecule has 1 fully saturated rings. The smallest absolute Gasteiger partial charge is 0.253 e. The van der Waals surface area contributed by atoms with Gasteiger partial charge in [0.1, 0.15) is 16.1 Å². The lowest BCUT2D eigenvalue weighted by Gasteiger charge is -2.22. The van der Waals surface area contributed by atoms with Crippen molar-refractivity contribution in [3.63, 3.8) is 0 Å². The Labute approximate surface area is 151 Å². The monoisotopic (exact) mass is 432 g/mol. The van der Waals surface area contributed by atoms with Gasteiger partial charge in [-0.1, -0.05) is 6.07 Å².